The summed E-state index contributed by atoms with van der Waals surface area (Å²) in [7, 11) is 0. The van der Waals surface area contributed by atoms with Crippen LogP contribution in [-0.2, 0) is 0 Å². The molecule has 1 heteroatoms. The Morgan fingerprint density at radius 1 is 0.929 bits per heavy atom. The van der Waals surface area contributed by atoms with Crippen molar-refractivity contribution >= 4 is 0 Å². The van der Waals surface area contributed by atoms with Gasteiger partial charge >= 0.3 is 0 Å². The van der Waals surface area contributed by atoms with Crippen molar-refractivity contribution in [3.05, 3.63) is 0 Å². The molecule has 2 bridgehead atoms. The van der Waals surface area contributed by atoms with E-state index in [1.807, 2.05) is 0 Å². The topological polar surface area (TPSA) is 3.24 Å². The molecule has 0 unspecified atom stereocenters. The van der Waals surface area contributed by atoms with Crippen LogP contribution in [0.4, 0.5) is 0 Å². The predicted molar refractivity (Wildman–Crippen MR) is 61.3 cm³/mol. The second kappa shape index (κ2) is 3.84. The molecule has 0 spiro atoms. The van der Waals surface area contributed by atoms with Gasteiger partial charge in [0.2, 0.25) is 0 Å². The summed E-state index contributed by atoms with van der Waals surface area (Å²) in [5, 5.41) is 0. The molecule has 1 nitrogen and oxygen atoms in total. The molecule has 82 valence electrons. The first-order valence-corrected chi connectivity index (χ1v) is 6.37. The number of hydrogen-bond donors (Lipinski definition) is 0. The third kappa shape index (κ3) is 1.71. The number of rotatable bonds is 2. The minimum Gasteiger partial charge on any atom is -0.295 e. The van der Waals surface area contributed by atoms with E-state index in [0.29, 0.717) is 0 Å². The standard InChI is InChI=1S/C13H25N/c1-9(2)11-7-12-5-6-13(8-11)14(12)10(3)4/h9-13H,5-8H2,1-4H3/t11-,12-,13+. The van der Waals surface area contributed by atoms with Crippen molar-refractivity contribution in [3.8, 4) is 0 Å². The number of piperidine rings is 1. The van der Waals surface area contributed by atoms with Gasteiger partial charge in [0.25, 0.3) is 0 Å². The average Bonchev–Trinajstić information content (AvgIpc) is 2.37. The SMILES string of the molecule is CC(C)[C@@H]1C[C@H]2CC[C@@H](C1)N2C(C)C. The van der Waals surface area contributed by atoms with Gasteiger partial charge in [-0.1, -0.05) is 13.8 Å². The van der Waals surface area contributed by atoms with Crippen molar-refractivity contribution in [1.82, 2.24) is 4.90 Å². The second-order valence-electron chi connectivity index (χ2n) is 5.90. The van der Waals surface area contributed by atoms with Gasteiger partial charge in [-0.2, -0.15) is 0 Å². The van der Waals surface area contributed by atoms with Crippen LogP contribution in [0.5, 0.6) is 0 Å². The molecule has 0 aromatic heterocycles. The van der Waals surface area contributed by atoms with Gasteiger partial charge in [-0.3, -0.25) is 4.90 Å². The summed E-state index contributed by atoms with van der Waals surface area (Å²) in [6.07, 6.45) is 5.86. The molecule has 0 aromatic rings. The van der Waals surface area contributed by atoms with E-state index in [1.165, 1.54) is 25.7 Å². The van der Waals surface area contributed by atoms with E-state index in [4.69, 9.17) is 0 Å². The molecule has 3 atom stereocenters. The highest BCUT2D eigenvalue weighted by molar-refractivity contribution is 4.96. The Kier molecular flexibility index (Phi) is 2.88. The molecule has 2 aliphatic rings. The zero-order valence-corrected chi connectivity index (χ0v) is 10.2. The Labute approximate surface area is 88.9 Å². The minimum atomic E-state index is 0.764. The highest BCUT2D eigenvalue weighted by Crippen LogP contribution is 2.42. The van der Waals surface area contributed by atoms with Crippen molar-refractivity contribution in [2.24, 2.45) is 11.8 Å². The Hall–Kier alpha value is -0.0400. The summed E-state index contributed by atoms with van der Waals surface area (Å²) in [4.78, 5) is 2.79. The maximum Gasteiger partial charge on any atom is 0.0104 e. The fraction of sp³-hybridized carbons (Fsp3) is 1.00. The van der Waals surface area contributed by atoms with Crippen LogP contribution >= 0.6 is 0 Å². The van der Waals surface area contributed by atoms with Gasteiger partial charge in [0.05, 0.1) is 0 Å². The molecule has 2 saturated heterocycles. The highest BCUT2D eigenvalue weighted by atomic mass is 15.2. The third-order valence-electron chi connectivity index (χ3n) is 4.37. The number of hydrogen-bond acceptors (Lipinski definition) is 1. The van der Waals surface area contributed by atoms with Crippen molar-refractivity contribution in [1.29, 1.82) is 0 Å². The van der Waals surface area contributed by atoms with Crippen LogP contribution in [0.25, 0.3) is 0 Å². The van der Waals surface area contributed by atoms with E-state index in [2.05, 4.69) is 32.6 Å². The lowest BCUT2D eigenvalue weighted by atomic mass is 9.82. The first-order chi connectivity index (χ1) is 6.59. The van der Waals surface area contributed by atoms with E-state index in [0.717, 1.165) is 30.0 Å². The van der Waals surface area contributed by atoms with Crippen LogP contribution in [0.15, 0.2) is 0 Å². The van der Waals surface area contributed by atoms with Gasteiger partial charge in [0.15, 0.2) is 0 Å². The molecular formula is C13H25N. The van der Waals surface area contributed by atoms with Gasteiger partial charge in [-0.15, -0.1) is 0 Å². The maximum atomic E-state index is 2.79. The van der Waals surface area contributed by atoms with E-state index in [1.54, 1.807) is 0 Å². The highest BCUT2D eigenvalue weighted by Gasteiger charge is 2.42. The summed E-state index contributed by atoms with van der Waals surface area (Å²) >= 11 is 0. The molecule has 0 amide bonds. The fourth-order valence-corrected chi connectivity index (χ4v) is 3.64. The predicted octanol–water partition coefficient (Wildman–Crippen LogP) is 3.29. The molecular weight excluding hydrogens is 170 g/mol. The maximum absolute atomic E-state index is 2.79. The van der Waals surface area contributed by atoms with Gasteiger partial charge in [0, 0.05) is 18.1 Å². The number of fused-ring (bicyclic) bond motifs is 2. The first kappa shape index (κ1) is 10.5. The monoisotopic (exact) mass is 195 g/mol. The lowest BCUT2D eigenvalue weighted by Crippen LogP contribution is -2.47. The molecule has 0 N–H and O–H groups in total. The Morgan fingerprint density at radius 3 is 1.79 bits per heavy atom. The largest absolute Gasteiger partial charge is 0.295 e. The molecule has 14 heavy (non-hydrogen) atoms. The molecule has 0 aromatic carbocycles. The quantitative estimate of drug-likeness (QED) is 0.653. The molecule has 2 rings (SSSR count). The summed E-state index contributed by atoms with van der Waals surface area (Å²) < 4.78 is 0. The molecule has 0 radical (unpaired) electrons. The fourth-order valence-electron chi connectivity index (χ4n) is 3.64. The van der Waals surface area contributed by atoms with Gasteiger partial charge in [0.1, 0.15) is 0 Å². The Morgan fingerprint density at radius 2 is 1.43 bits per heavy atom. The van der Waals surface area contributed by atoms with E-state index in [9.17, 15) is 0 Å². The van der Waals surface area contributed by atoms with Crippen LogP contribution in [0.3, 0.4) is 0 Å². The lowest BCUT2D eigenvalue weighted by molar-refractivity contribution is 0.0588. The van der Waals surface area contributed by atoms with Crippen LogP contribution < -0.4 is 0 Å². The lowest BCUT2D eigenvalue weighted by Gasteiger charge is -2.42. The normalized spacial score (nSPS) is 38.6. The molecule has 0 saturated carbocycles. The van der Waals surface area contributed by atoms with E-state index in [-0.39, 0.29) is 0 Å². The van der Waals surface area contributed by atoms with E-state index >= 15 is 0 Å². The van der Waals surface area contributed by atoms with Crippen molar-refractivity contribution < 1.29 is 0 Å². The van der Waals surface area contributed by atoms with Crippen molar-refractivity contribution in [2.45, 2.75) is 71.5 Å². The molecule has 0 aliphatic carbocycles. The van der Waals surface area contributed by atoms with E-state index < -0.39 is 0 Å². The number of nitrogens with zero attached hydrogens (tertiary/aromatic N) is 1. The van der Waals surface area contributed by atoms with Crippen molar-refractivity contribution in [3.63, 3.8) is 0 Å². The summed E-state index contributed by atoms with van der Waals surface area (Å²) in [5.41, 5.74) is 0. The second-order valence-corrected chi connectivity index (χ2v) is 5.90. The molecule has 2 heterocycles. The zero-order valence-electron chi connectivity index (χ0n) is 10.2. The van der Waals surface area contributed by atoms with Crippen LogP contribution in [0, 0.1) is 11.8 Å². The average molecular weight is 195 g/mol. The van der Waals surface area contributed by atoms with Gasteiger partial charge in [-0.25, -0.2) is 0 Å². The smallest absolute Gasteiger partial charge is 0.0104 e. The third-order valence-corrected chi connectivity index (χ3v) is 4.37. The van der Waals surface area contributed by atoms with Gasteiger partial charge < -0.3 is 0 Å². The van der Waals surface area contributed by atoms with Crippen LogP contribution in [-0.4, -0.2) is 23.0 Å². The van der Waals surface area contributed by atoms with Crippen molar-refractivity contribution in [2.75, 3.05) is 0 Å². The minimum absolute atomic E-state index is 0.764. The molecule has 2 aliphatic heterocycles. The first-order valence-electron chi connectivity index (χ1n) is 6.37. The zero-order chi connectivity index (χ0) is 10.3. The molecule has 2 fully saturated rings. The summed E-state index contributed by atoms with van der Waals surface area (Å²) in [5.74, 6) is 1.90. The Bertz CT molecular complexity index is 183. The van der Waals surface area contributed by atoms with Gasteiger partial charge in [-0.05, 0) is 51.4 Å². The Balaban J connectivity index is 2.05. The van der Waals surface area contributed by atoms with Crippen LogP contribution in [0.2, 0.25) is 0 Å². The van der Waals surface area contributed by atoms with Crippen LogP contribution in [0.1, 0.15) is 53.4 Å². The summed E-state index contributed by atoms with van der Waals surface area (Å²) in [6, 6.07) is 2.60. The summed E-state index contributed by atoms with van der Waals surface area (Å²) in [6.45, 7) is 9.52.